The Morgan fingerprint density at radius 1 is 1.08 bits per heavy atom. The lowest BCUT2D eigenvalue weighted by molar-refractivity contribution is 0.498. The second-order valence-corrected chi connectivity index (χ2v) is 6.18. The summed E-state index contributed by atoms with van der Waals surface area (Å²) in [6.45, 7) is 3.93. The summed E-state index contributed by atoms with van der Waals surface area (Å²) in [6.07, 6.45) is 9.40. The van der Waals surface area contributed by atoms with Crippen LogP contribution in [0.15, 0.2) is 43.0 Å². The van der Waals surface area contributed by atoms with Crippen LogP contribution in [0.5, 0.6) is 0 Å². The number of aromatic amines is 1. The number of anilines is 1. The van der Waals surface area contributed by atoms with Crippen LogP contribution in [0.2, 0.25) is 0 Å². The third-order valence-electron chi connectivity index (χ3n) is 4.44. The Hall–Kier alpha value is -2.76. The number of imidazole rings is 1. The van der Waals surface area contributed by atoms with E-state index in [0.717, 1.165) is 54.7 Å². The average molecular weight is 320 g/mol. The van der Waals surface area contributed by atoms with E-state index >= 15 is 0 Å². The van der Waals surface area contributed by atoms with Gasteiger partial charge in [-0.25, -0.2) is 15.0 Å². The molecule has 122 valence electrons. The van der Waals surface area contributed by atoms with Gasteiger partial charge in [0, 0.05) is 49.5 Å². The topological polar surface area (TPSA) is 70.6 Å². The zero-order valence-electron chi connectivity index (χ0n) is 13.7. The normalized spacial score (nSPS) is 17.9. The van der Waals surface area contributed by atoms with Gasteiger partial charge in [-0.2, -0.15) is 0 Å². The number of nitrogens with zero attached hydrogens (tertiary/aromatic N) is 5. The maximum Gasteiger partial charge on any atom is 0.158 e. The first kappa shape index (κ1) is 14.8. The van der Waals surface area contributed by atoms with E-state index in [1.807, 2.05) is 31.5 Å². The molecule has 1 atom stereocenters. The fourth-order valence-corrected chi connectivity index (χ4v) is 3.31. The molecule has 0 saturated carbocycles. The Labute approximate surface area is 141 Å². The summed E-state index contributed by atoms with van der Waals surface area (Å²) in [4.78, 5) is 23.7. The number of piperidine rings is 1. The molecular weight excluding hydrogens is 300 g/mol. The van der Waals surface area contributed by atoms with E-state index in [1.54, 1.807) is 12.4 Å². The van der Waals surface area contributed by atoms with E-state index in [2.05, 4.69) is 35.9 Å². The number of hydrogen-bond donors (Lipinski definition) is 1. The number of aryl methyl sites for hydroxylation is 1. The molecule has 0 amide bonds. The second-order valence-electron chi connectivity index (χ2n) is 6.18. The monoisotopic (exact) mass is 320 g/mol. The van der Waals surface area contributed by atoms with Gasteiger partial charge in [-0.05, 0) is 31.9 Å². The number of hydrogen-bond acceptors (Lipinski definition) is 5. The van der Waals surface area contributed by atoms with E-state index in [-0.39, 0.29) is 0 Å². The van der Waals surface area contributed by atoms with Crippen LogP contribution in [-0.2, 0) is 0 Å². The van der Waals surface area contributed by atoms with E-state index in [1.165, 1.54) is 0 Å². The van der Waals surface area contributed by atoms with Crippen LogP contribution >= 0.6 is 0 Å². The number of aromatic nitrogens is 5. The van der Waals surface area contributed by atoms with Gasteiger partial charge in [-0.3, -0.25) is 4.98 Å². The van der Waals surface area contributed by atoms with Crippen molar-refractivity contribution in [2.75, 3.05) is 18.0 Å². The maximum absolute atomic E-state index is 4.65. The van der Waals surface area contributed by atoms with Crippen LogP contribution in [0.4, 0.5) is 5.82 Å². The van der Waals surface area contributed by atoms with Crippen molar-refractivity contribution < 1.29 is 0 Å². The average Bonchev–Trinajstić information content (AvgIpc) is 3.09. The molecule has 0 spiro atoms. The largest absolute Gasteiger partial charge is 0.356 e. The minimum atomic E-state index is 0.329. The first-order valence-corrected chi connectivity index (χ1v) is 8.30. The molecule has 1 saturated heterocycles. The molecule has 0 aromatic carbocycles. The minimum Gasteiger partial charge on any atom is -0.356 e. The Kier molecular flexibility index (Phi) is 3.94. The summed E-state index contributed by atoms with van der Waals surface area (Å²) in [5, 5.41) is 0. The van der Waals surface area contributed by atoms with E-state index in [4.69, 9.17) is 0 Å². The molecule has 3 aromatic heterocycles. The summed E-state index contributed by atoms with van der Waals surface area (Å²) >= 11 is 0. The molecule has 6 heteroatoms. The van der Waals surface area contributed by atoms with Gasteiger partial charge < -0.3 is 9.88 Å². The number of rotatable bonds is 3. The van der Waals surface area contributed by atoms with Gasteiger partial charge >= 0.3 is 0 Å². The van der Waals surface area contributed by atoms with Gasteiger partial charge in [0.25, 0.3) is 0 Å². The van der Waals surface area contributed by atoms with Crippen molar-refractivity contribution in [3.05, 3.63) is 54.4 Å². The Bertz CT molecular complexity index is 813. The van der Waals surface area contributed by atoms with Crippen molar-refractivity contribution >= 4 is 5.82 Å². The fourth-order valence-electron chi connectivity index (χ4n) is 3.31. The lowest BCUT2D eigenvalue weighted by atomic mass is 9.93. The van der Waals surface area contributed by atoms with Crippen molar-refractivity contribution in [1.82, 2.24) is 24.9 Å². The Morgan fingerprint density at radius 2 is 2.00 bits per heavy atom. The third-order valence-corrected chi connectivity index (χ3v) is 4.44. The quantitative estimate of drug-likeness (QED) is 0.803. The molecule has 0 aliphatic carbocycles. The second kappa shape index (κ2) is 6.39. The van der Waals surface area contributed by atoms with Crippen molar-refractivity contribution in [2.45, 2.75) is 25.7 Å². The Morgan fingerprint density at radius 3 is 2.79 bits per heavy atom. The van der Waals surface area contributed by atoms with Gasteiger partial charge in [0.1, 0.15) is 11.5 Å². The Balaban J connectivity index is 1.64. The summed E-state index contributed by atoms with van der Waals surface area (Å²) < 4.78 is 0. The molecule has 1 unspecified atom stereocenters. The highest BCUT2D eigenvalue weighted by Gasteiger charge is 2.26. The van der Waals surface area contributed by atoms with E-state index in [0.29, 0.717) is 5.92 Å². The summed E-state index contributed by atoms with van der Waals surface area (Å²) in [6, 6.07) is 6.05. The molecule has 4 rings (SSSR count). The number of nitrogens with one attached hydrogen (secondary N) is 1. The third kappa shape index (κ3) is 2.87. The molecule has 3 aromatic rings. The summed E-state index contributed by atoms with van der Waals surface area (Å²) in [5.74, 6) is 2.15. The van der Waals surface area contributed by atoms with E-state index in [9.17, 15) is 0 Å². The predicted octanol–water partition coefficient (Wildman–Crippen LogP) is 2.95. The van der Waals surface area contributed by atoms with Crippen LogP contribution < -0.4 is 4.90 Å². The fraction of sp³-hybridized carbons (Fsp3) is 0.333. The molecule has 1 N–H and O–H groups in total. The smallest absolute Gasteiger partial charge is 0.158 e. The first-order valence-electron chi connectivity index (χ1n) is 8.30. The molecular formula is C18H20N6. The highest BCUT2D eigenvalue weighted by Crippen LogP contribution is 2.32. The lowest BCUT2D eigenvalue weighted by Gasteiger charge is -2.33. The van der Waals surface area contributed by atoms with Crippen molar-refractivity contribution in [3.63, 3.8) is 0 Å². The molecule has 4 heterocycles. The van der Waals surface area contributed by atoms with Gasteiger partial charge in [0.05, 0.1) is 5.69 Å². The molecule has 1 fully saturated rings. The predicted molar refractivity (Wildman–Crippen MR) is 92.8 cm³/mol. The number of pyridine rings is 1. The summed E-state index contributed by atoms with van der Waals surface area (Å²) in [7, 11) is 0. The molecule has 0 radical (unpaired) electrons. The van der Waals surface area contributed by atoms with E-state index < -0.39 is 0 Å². The molecule has 6 nitrogen and oxygen atoms in total. The standard InChI is InChI=1S/C18H20N6/c1-13-11-22-18(23-13)17-16(20-8-9-21-17)14-5-4-10-24(12-14)15-6-2-3-7-19-15/h2-3,6-9,11,14H,4-5,10,12H2,1H3,(H,22,23). The van der Waals surface area contributed by atoms with Gasteiger partial charge in [-0.1, -0.05) is 6.07 Å². The molecule has 24 heavy (non-hydrogen) atoms. The minimum absolute atomic E-state index is 0.329. The maximum atomic E-state index is 4.65. The zero-order chi connectivity index (χ0) is 16.4. The van der Waals surface area contributed by atoms with Crippen LogP contribution in [0.25, 0.3) is 11.5 Å². The van der Waals surface area contributed by atoms with Gasteiger partial charge in [-0.15, -0.1) is 0 Å². The van der Waals surface area contributed by atoms with Crippen LogP contribution in [-0.4, -0.2) is 38.0 Å². The van der Waals surface area contributed by atoms with Crippen molar-refractivity contribution in [2.24, 2.45) is 0 Å². The molecule has 1 aliphatic heterocycles. The number of H-pyrrole nitrogens is 1. The molecule has 1 aliphatic rings. The zero-order valence-corrected chi connectivity index (χ0v) is 13.7. The highest BCUT2D eigenvalue weighted by atomic mass is 15.2. The molecule has 0 bridgehead atoms. The van der Waals surface area contributed by atoms with Gasteiger partial charge in [0.2, 0.25) is 0 Å². The van der Waals surface area contributed by atoms with Gasteiger partial charge in [0.15, 0.2) is 5.82 Å². The highest BCUT2D eigenvalue weighted by molar-refractivity contribution is 5.54. The first-order chi connectivity index (χ1) is 11.8. The lowest BCUT2D eigenvalue weighted by Crippen LogP contribution is -2.35. The SMILES string of the molecule is Cc1cnc(-c2nccnc2C2CCCN(c3ccccn3)C2)[nH]1. The van der Waals surface area contributed by atoms with Crippen molar-refractivity contribution in [3.8, 4) is 11.5 Å². The van der Waals surface area contributed by atoms with Crippen LogP contribution in [0.3, 0.4) is 0 Å². The van der Waals surface area contributed by atoms with Crippen LogP contribution in [0, 0.1) is 6.92 Å². The van der Waals surface area contributed by atoms with Crippen molar-refractivity contribution in [1.29, 1.82) is 0 Å². The summed E-state index contributed by atoms with van der Waals surface area (Å²) in [5.41, 5.74) is 2.91. The van der Waals surface area contributed by atoms with Crippen LogP contribution in [0.1, 0.15) is 30.1 Å².